The molecule has 0 aliphatic rings. The third-order valence-electron chi connectivity index (χ3n) is 4.08. The highest BCUT2D eigenvalue weighted by molar-refractivity contribution is 6.28. The van der Waals surface area contributed by atoms with Crippen LogP contribution in [0.25, 0.3) is 5.53 Å². The van der Waals surface area contributed by atoms with E-state index in [1.165, 1.54) is 0 Å². The largest absolute Gasteiger partial charge is 0.445 e. The number of amides is 2. The Morgan fingerprint density at radius 1 is 1.00 bits per heavy atom. The molecule has 1 rings (SSSR count). The third-order valence-corrected chi connectivity index (χ3v) is 4.08. The molecule has 2 atom stereocenters. The predicted molar refractivity (Wildman–Crippen MR) is 109 cm³/mol. The van der Waals surface area contributed by atoms with Gasteiger partial charge in [-0.05, 0) is 30.2 Å². The molecule has 0 saturated heterocycles. The van der Waals surface area contributed by atoms with Gasteiger partial charge in [0.1, 0.15) is 12.6 Å². The number of ketones is 1. The first kappa shape index (κ1) is 24.0. The van der Waals surface area contributed by atoms with Crippen molar-refractivity contribution < 1.29 is 23.9 Å². The second-order valence-corrected chi connectivity index (χ2v) is 7.73. The highest BCUT2D eigenvalue weighted by Crippen LogP contribution is 2.09. The Kier molecular flexibility index (Phi) is 10.3. The van der Waals surface area contributed by atoms with E-state index in [0.29, 0.717) is 12.8 Å². The molecule has 8 heteroatoms. The van der Waals surface area contributed by atoms with E-state index in [1.54, 1.807) is 0 Å². The van der Waals surface area contributed by atoms with E-state index in [4.69, 9.17) is 10.3 Å². The molecule has 0 unspecified atom stereocenters. The summed E-state index contributed by atoms with van der Waals surface area (Å²) in [5.74, 6) is -0.743. The quantitative estimate of drug-likeness (QED) is 0.336. The third kappa shape index (κ3) is 9.67. The normalized spacial score (nSPS) is 12.6. The smallest absolute Gasteiger partial charge is 0.408 e. The lowest BCUT2D eigenvalue weighted by molar-refractivity contribution is -0.128. The van der Waals surface area contributed by atoms with E-state index in [-0.39, 0.29) is 18.4 Å². The average Bonchev–Trinajstić information content (AvgIpc) is 2.65. The monoisotopic (exact) mass is 402 g/mol. The first-order valence-electron chi connectivity index (χ1n) is 9.71. The minimum absolute atomic E-state index is 0.0874. The summed E-state index contributed by atoms with van der Waals surface area (Å²) in [6.07, 6.45) is 0.817. The summed E-state index contributed by atoms with van der Waals surface area (Å²) in [7, 11) is 0. The highest BCUT2D eigenvalue weighted by atomic mass is 16.5. The van der Waals surface area contributed by atoms with Crippen molar-refractivity contribution in [2.24, 2.45) is 11.8 Å². The number of carbonyl (C=O) groups excluding carboxylic acids is 3. The van der Waals surface area contributed by atoms with Crippen molar-refractivity contribution in [2.45, 2.75) is 59.2 Å². The molecule has 0 aliphatic heterocycles. The van der Waals surface area contributed by atoms with Gasteiger partial charge in [0.15, 0.2) is 0 Å². The zero-order chi connectivity index (χ0) is 21.8. The predicted octanol–water partition coefficient (Wildman–Crippen LogP) is 2.73. The van der Waals surface area contributed by atoms with Crippen molar-refractivity contribution in [3.8, 4) is 0 Å². The van der Waals surface area contributed by atoms with Crippen molar-refractivity contribution in [1.82, 2.24) is 10.6 Å². The van der Waals surface area contributed by atoms with Crippen LogP contribution in [0.4, 0.5) is 4.79 Å². The molecule has 0 saturated carbocycles. The van der Waals surface area contributed by atoms with E-state index in [0.717, 1.165) is 11.8 Å². The molecule has 158 valence electrons. The van der Waals surface area contributed by atoms with Gasteiger partial charge in [-0.15, -0.1) is 0 Å². The van der Waals surface area contributed by atoms with Crippen molar-refractivity contribution in [3.05, 3.63) is 41.4 Å². The number of nitrogens with one attached hydrogen (secondary N) is 2. The first-order valence-corrected chi connectivity index (χ1v) is 9.71. The summed E-state index contributed by atoms with van der Waals surface area (Å²) < 4.78 is 5.19. The molecular weight excluding hydrogens is 372 g/mol. The molecule has 2 amide bonds. The van der Waals surface area contributed by atoms with E-state index in [9.17, 15) is 14.4 Å². The van der Waals surface area contributed by atoms with Gasteiger partial charge in [-0.25, -0.2) is 4.79 Å². The van der Waals surface area contributed by atoms with Crippen molar-refractivity contribution in [1.29, 1.82) is 0 Å². The lowest BCUT2D eigenvalue weighted by Crippen LogP contribution is -2.52. The van der Waals surface area contributed by atoms with Crippen LogP contribution in [0.1, 0.15) is 46.1 Å². The minimum atomic E-state index is -0.855. The van der Waals surface area contributed by atoms with Gasteiger partial charge in [-0.2, -0.15) is 4.79 Å². The topological polar surface area (TPSA) is 121 Å². The summed E-state index contributed by atoms with van der Waals surface area (Å²) >= 11 is 0. The van der Waals surface area contributed by atoms with Crippen molar-refractivity contribution in [2.75, 3.05) is 0 Å². The number of Topliss-reactive ketones (excluding diaryl/α,β-unsaturated/α-hetero) is 1. The Bertz CT molecular complexity index is 727. The van der Waals surface area contributed by atoms with Crippen LogP contribution in [0.5, 0.6) is 0 Å². The summed E-state index contributed by atoms with van der Waals surface area (Å²) in [6, 6.07) is 7.51. The summed E-state index contributed by atoms with van der Waals surface area (Å²) in [5, 5.41) is 5.24. The molecule has 29 heavy (non-hydrogen) atoms. The minimum Gasteiger partial charge on any atom is -0.445 e. The van der Waals surface area contributed by atoms with Gasteiger partial charge < -0.3 is 20.9 Å². The number of benzene rings is 1. The van der Waals surface area contributed by atoms with Gasteiger partial charge in [0, 0.05) is 0 Å². The standard InChI is InChI=1S/C21H30N4O4/c1-14(2)10-17(19(26)12-23-22)24-20(27)18(11-15(3)4)25-21(28)29-13-16-8-6-5-7-9-16/h5-9,12,14-15,17-18H,10-11,13H2,1-4H3,(H,24,27)(H,25,28)/t17-,18-/m0/s1. The summed E-state index contributed by atoms with van der Waals surface area (Å²) in [6.45, 7) is 7.75. The summed E-state index contributed by atoms with van der Waals surface area (Å²) in [5.41, 5.74) is 9.45. The van der Waals surface area contributed by atoms with Gasteiger partial charge in [-0.3, -0.25) is 9.59 Å². The maximum Gasteiger partial charge on any atom is 0.408 e. The molecule has 0 aliphatic carbocycles. The maximum atomic E-state index is 12.7. The molecule has 0 heterocycles. The number of hydrogen-bond donors (Lipinski definition) is 2. The number of carbonyl (C=O) groups is 3. The number of hydrogen-bond acceptors (Lipinski definition) is 4. The van der Waals surface area contributed by atoms with E-state index >= 15 is 0 Å². The van der Waals surface area contributed by atoms with E-state index < -0.39 is 29.9 Å². The molecule has 2 N–H and O–H groups in total. The van der Waals surface area contributed by atoms with Gasteiger partial charge in [0.05, 0.1) is 6.04 Å². The second-order valence-electron chi connectivity index (χ2n) is 7.73. The maximum absolute atomic E-state index is 12.7. The van der Waals surface area contributed by atoms with Crippen LogP contribution < -0.4 is 10.6 Å². The van der Waals surface area contributed by atoms with Crippen molar-refractivity contribution in [3.63, 3.8) is 0 Å². The van der Waals surface area contributed by atoms with Gasteiger partial charge in [0.25, 0.3) is 5.78 Å². The average molecular weight is 402 g/mol. The zero-order valence-corrected chi connectivity index (χ0v) is 17.4. The molecule has 0 aromatic heterocycles. The van der Waals surface area contributed by atoms with E-state index in [1.807, 2.05) is 58.0 Å². The zero-order valence-electron chi connectivity index (χ0n) is 17.4. The molecule has 1 aromatic rings. The fourth-order valence-electron chi connectivity index (χ4n) is 2.75. The SMILES string of the molecule is CC(C)C[C@H](NC(=O)[C@H](CC(C)C)NC(=O)OCc1ccccc1)C(=O)C=[N+]=[N-]. The van der Waals surface area contributed by atoms with Gasteiger partial charge in [0.2, 0.25) is 5.91 Å². The highest BCUT2D eigenvalue weighted by Gasteiger charge is 2.28. The number of nitrogens with zero attached hydrogens (tertiary/aromatic N) is 2. The van der Waals surface area contributed by atoms with Gasteiger partial charge >= 0.3 is 12.3 Å². The van der Waals surface area contributed by atoms with E-state index in [2.05, 4.69) is 15.4 Å². The molecular formula is C21H30N4O4. The van der Waals surface area contributed by atoms with Crippen molar-refractivity contribution >= 4 is 24.0 Å². The van der Waals surface area contributed by atoms with Crippen LogP contribution in [-0.2, 0) is 20.9 Å². The fraction of sp³-hybridized carbons (Fsp3) is 0.524. The Hall–Kier alpha value is -2.99. The molecule has 1 aromatic carbocycles. The Balaban J connectivity index is 2.77. The molecule has 0 radical (unpaired) electrons. The molecule has 0 fully saturated rings. The Morgan fingerprint density at radius 2 is 1.59 bits per heavy atom. The second kappa shape index (κ2) is 12.5. The van der Waals surface area contributed by atoms with Crippen LogP contribution in [0.15, 0.2) is 30.3 Å². The Morgan fingerprint density at radius 3 is 2.14 bits per heavy atom. The number of ether oxygens (including phenoxy) is 1. The van der Waals surface area contributed by atoms with Gasteiger partial charge in [-0.1, -0.05) is 58.0 Å². The number of alkyl carbamates (subject to hydrolysis) is 1. The first-order chi connectivity index (χ1) is 13.7. The molecule has 0 spiro atoms. The van der Waals surface area contributed by atoms with Crippen LogP contribution in [0.2, 0.25) is 0 Å². The fourth-order valence-corrected chi connectivity index (χ4v) is 2.75. The van der Waals surface area contributed by atoms with Crippen LogP contribution in [-0.4, -0.2) is 40.9 Å². The van der Waals surface area contributed by atoms with Crippen LogP contribution in [0.3, 0.4) is 0 Å². The van der Waals surface area contributed by atoms with Crippen LogP contribution in [0, 0.1) is 11.8 Å². The molecule has 8 nitrogen and oxygen atoms in total. The lowest BCUT2D eigenvalue weighted by atomic mass is 9.98. The number of rotatable bonds is 11. The Labute approximate surface area is 171 Å². The lowest BCUT2D eigenvalue weighted by Gasteiger charge is -2.23. The van der Waals surface area contributed by atoms with Crippen LogP contribution >= 0.6 is 0 Å². The molecule has 0 bridgehead atoms. The summed E-state index contributed by atoms with van der Waals surface area (Å²) in [4.78, 5) is 39.8.